The highest BCUT2D eigenvalue weighted by atomic mass is 35.5. The Morgan fingerprint density at radius 1 is 1.32 bits per heavy atom. The largest absolute Gasteiger partial charge is 0.496 e. The number of esters is 1. The second kappa shape index (κ2) is 6.86. The van der Waals surface area contributed by atoms with Gasteiger partial charge in [-0.15, -0.1) is 0 Å². The zero-order valence-electron chi connectivity index (χ0n) is 12.8. The number of ether oxygens (including phenoxy) is 2. The first-order valence-electron chi connectivity index (χ1n) is 7.63. The molecule has 0 N–H and O–H groups in total. The Balaban J connectivity index is 1.58. The number of cyclic esters (lactones) is 1. The number of halogens is 1. The summed E-state index contributed by atoms with van der Waals surface area (Å²) in [6.07, 6.45) is 0.820. The van der Waals surface area contributed by atoms with Crippen molar-refractivity contribution in [1.29, 1.82) is 0 Å². The fourth-order valence-electron chi connectivity index (χ4n) is 3.16. The molecule has 0 spiro atoms. The van der Waals surface area contributed by atoms with Gasteiger partial charge in [0, 0.05) is 49.7 Å². The van der Waals surface area contributed by atoms with Gasteiger partial charge in [0.2, 0.25) is 0 Å². The summed E-state index contributed by atoms with van der Waals surface area (Å²) in [6, 6.07) is 5.67. The van der Waals surface area contributed by atoms with Crippen LogP contribution < -0.4 is 4.74 Å². The molecule has 120 valence electrons. The van der Waals surface area contributed by atoms with E-state index < -0.39 is 0 Å². The van der Waals surface area contributed by atoms with Gasteiger partial charge in [0.25, 0.3) is 0 Å². The van der Waals surface area contributed by atoms with Crippen molar-refractivity contribution in [3.8, 4) is 5.75 Å². The molecular weight excluding hydrogens is 304 g/mol. The van der Waals surface area contributed by atoms with Crippen LogP contribution in [-0.4, -0.2) is 61.7 Å². The van der Waals surface area contributed by atoms with Crippen LogP contribution in [0.15, 0.2) is 18.2 Å². The molecule has 0 aromatic heterocycles. The highest BCUT2D eigenvalue weighted by Gasteiger charge is 2.34. The van der Waals surface area contributed by atoms with E-state index >= 15 is 0 Å². The molecule has 1 aromatic carbocycles. The predicted molar refractivity (Wildman–Crippen MR) is 84.2 cm³/mol. The first-order valence-corrected chi connectivity index (χ1v) is 8.00. The Morgan fingerprint density at radius 2 is 2.09 bits per heavy atom. The van der Waals surface area contributed by atoms with Gasteiger partial charge in [-0.2, -0.15) is 0 Å². The quantitative estimate of drug-likeness (QED) is 0.790. The maximum atomic E-state index is 11.7. The highest BCUT2D eigenvalue weighted by molar-refractivity contribution is 6.30. The van der Waals surface area contributed by atoms with E-state index in [2.05, 4.69) is 9.80 Å². The number of nitrogens with zero attached hydrogens (tertiary/aromatic N) is 2. The molecule has 1 atom stereocenters. The lowest BCUT2D eigenvalue weighted by Gasteiger charge is -2.36. The lowest BCUT2D eigenvalue weighted by atomic mass is 10.1. The minimum absolute atomic E-state index is 0.0390. The van der Waals surface area contributed by atoms with Crippen LogP contribution in [0.25, 0.3) is 0 Å². The first-order chi connectivity index (χ1) is 10.7. The van der Waals surface area contributed by atoms with Gasteiger partial charge in [-0.1, -0.05) is 11.6 Å². The Kier molecular flexibility index (Phi) is 4.86. The summed E-state index contributed by atoms with van der Waals surface area (Å²) in [6.45, 7) is 5.01. The summed E-state index contributed by atoms with van der Waals surface area (Å²) in [7, 11) is 1.68. The Labute approximate surface area is 135 Å². The summed E-state index contributed by atoms with van der Waals surface area (Å²) >= 11 is 6.08. The number of benzene rings is 1. The van der Waals surface area contributed by atoms with Gasteiger partial charge in [-0.25, -0.2) is 0 Å². The molecule has 2 saturated heterocycles. The van der Waals surface area contributed by atoms with E-state index in [1.807, 2.05) is 18.2 Å². The Morgan fingerprint density at radius 3 is 2.73 bits per heavy atom. The first kappa shape index (κ1) is 15.6. The molecule has 1 aromatic rings. The Bertz CT molecular complexity index is 544. The third kappa shape index (κ3) is 3.37. The molecule has 1 unspecified atom stereocenters. The van der Waals surface area contributed by atoms with Crippen LogP contribution in [0.4, 0.5) is 0 Å². The smallest absolute Gasteiger partial charge is 0.323 e. The van der Waals surface area contributed by atoms with Gasteiger partial charge >= 0.3 is 5.97 Å². The number of hydrogen-bond acceptors (Lipinski definition) is 5. The number of carbonyl (C=O) groups excluding carboxylic acids is 1. The number of hydrogen-bond donors (Lipinski definition) is 0. The molecule has 0 saturated carbocycles. The zero-order chi connectivity index (χ0) is 15.5. The SMILES string of the molecule is COc1ccc(Cl)cc1CN1CCN(C2CCOC2=O)CC1. The van der Waals surface area contributed by atoms with Crippen molar-refractivity contribution in [2.45, 2.75) is 19.0 Å². The molecule has 22 heavy (non-hydrogen) atoms. The highest BCUT2D eigenvalue weighted by Crippen LogP contribution is 2.25. The summed E-state index contributed by atoms with van der Waals surface area (Å²) in [4.78, 5) is 16.3. The van der Waals surface area contributed by atoms with Gasteiger partial charge < -0.3 is 9.47 Å². The van der Waals surface area contributed by atoms with Crippen molar-refractivity contribution in [2.75, 3.05) is 39.9 Å². The molecule has 2 aliphatic heterocycles. The van der Waals surface area contributed by atoms with Gasteiger partial charge in [0.05, 0.1) is 13.7 Å². The maximum absolute atomic E-state index is 11.7. The molecular formula is C16H21ClN2O3. The lowest BCUT2D eigenvalue weighted by Crippen LogP contribution is -2.51. The van der Waals surface area contributed by atoms with E-state index in [1.54, 1.807) is 7.11 Å². The average molecular weight is 325 g/mol. The van der Waals surface area contributed by atoms with Crippen LogP contribution in [0.5, 0.6) is 5.75 Å². The normalized spacial score (nSPS) is 23.5. The second-order valence-electron chi connectivity index (χ2n) is 5.74. The summed E-state index contributed by atoms with van der Waals surface area (Å²) in [5.41, 5.74) is 1.10. The molecule has 2 fully saturated rings. The van der Waals surface area contributed by atoms with E-state index in [0.29, 0.717) is 6.61 Å². The van der Waals surface area contributed by atoms with Gasteiger partial charge in [0.1, 0.15) is 11.8 Å². The van der Waals surface area contributed by atoms with Crippen LogP contribution in [0, 0.1) is 0 Å². The number of rotatable bonds is 4. The second-order valence-corrected chi connectivity index (χ2v) is 6.18. The summed E-state index contributed by atoms with van der Waals surface area (Å²) in [5.74, 6) is 0.802. The molecule has 2 aliphatic rings. The van der Waals surface area contributed by atoms with Crippen LogP contribution in [0.2, 0.25) is 5.02 Å². The van der Waals surface area contributed by atoms with Crippen molar-refractivity contribution < 1.29 is 14.3 Å². The fourth-order valence-corrected chi connectivity index (χ4v) is 3.36. The van der Waals surface area contributed by atoms with E-state index in [1.165, 1.54) is 0 Å². The van der Waals surface area contributed by atoms with Crippen molar-refractivity contribution in [3.63, 3.8) is 0 Å². The number of piperazine rings is 1. The third-order valence-corrected chi connectivity index (χ3v) is 4.63. The van der Waals surface area contributed by atoms with Gasteiger partial charge in [-0.3, -0.25) is 14.6 Å². The lowest BCUT2D eigenvalue weighted by molar-refractivity contribution is -0.142. The van der Waals surface area contributed by atoms with Gasteiger partial charge in [0.15, 0.2) is 0 Å². The molecule has 5 nitrogen and oxygen atoms in total. The summed E-state index contributed by atoms with van der Waals surface area (Å²) < 4.78 is 10.5. The van der Waals surface area contributed by atoms with Crippen LogP contribution in [-0.2, 0) is 16.1 Å². The topological polar surface area (TPSA) is 42.0 Å². The standard InChI is InChI=1S/C16H21ClN2O3/c1-21-15-3-2-13(17)10-12(15)11-18-5-7-19(8-6-18)14-4-9-22-16(14)20/h2-3,10,14H,4-9,11H2,1H3. The zero-order valence-corrected chi connectivity index (χ0v) is 13.5. The molecule has 3 rings (SSSR count). The van der Waals surface area contributed by atoms with Crippen molar-refractivity contribution in [3.05, 3.63) is 28.8 Å². The number of carbonyl (C=O) groups is 1. The number of methoxy groups -OCH3 is 1. The van der Waals surface area contributed by atoms with Crippen molar-refractivity contribution in [1.82, 2.24) is 9.80 Å². The van der Waals surface area contributed by atoms with Crippen molar-refractivity contribution >= 4 is 17.6 Å². The molecule has 2 heterocycles. The maximum Gasteiger partial charge on any atom is 0.323 e. The van der Waals surface area contributed by atoms with E-state index in [9.17, 15) is 4.79 Å². The monoisotopic (exact) mass is 324 g/mol. The molecule has 0 radical (unpaired) electrons. The van der Waals surface area contributed by atoms with E-state index in [4.69, 9.17) is 21.1 Å². The molecule has 6 heteroatoms. The minimum atomic E-state index is -0.0649. The van der Waals surface area contributed by atoms with Crippen molar-refractivity contribution in [2.24, 2.45) is 0 Å². The van der Waals surface area contributed by atoms with Gasteiger partial charge in [-0.05, 0) is 18.2 Å². The average Bonchev–Trinajstić information content (AvgIpc) is 2.94. The van der Waals surface area contributed by atoms with E-state index in [0.717, 1.165) is 55.5 Å². The van der Waals surface area contributed by atoms with Crippen LogP contribution in [0.3, 0.4) is 0 Å². The minimum Gasteiger partial charge on any atom is -0.496 e. The van der Waals surface area contributed by atoms with Crippen LogP contribution in [0.1, 0.15) is 12.0 Å². The van der Waals surface area contributed by atoms with Crippen LogP contribution >= 0.6 is 11.6 Å². The molecule has 0 amide bonds. The van der Waals surface area contributed by atoms with E-state index in [-0.39, 0.29) is 12.0 Å². The fraction of sp³-hybridized carbons (Fsp3) is 0.562. The molecule has 0 aliphatic carbocycles. The predicted octanol–water partition coefficient (Wildman–Crippen LogP) is 1.78. The third-order valence-electron chi connectivity index (χ3n) is 4.39. The Hall–Kier alpha value is -1.30. The summed E-state index contributed by atoms with van der Waals surface area (Å²) in [5, 5.41) is 0.725. The molecule has 0 bridgehead atoms.